The first-order valence-corrected chi connectivity index (χ1v) is 27.7. The summed E-state index contributed by atoms with van der Waals surface area (Å²) in [6.45, 7) is 6.41. The molecule has 0 amide bonds. The number of unbranched alkanes of at least 4 members (excludes halogenated alkanes) is 22. The normalized spacial score (nSPS) is 12.8. The summed E-state index contributed by atoms with van der Waals surface area (Å²) in [5.41, 5.74) is 0. The number of hydrogen-bond donors (Lipinski definition) is 0. The third-order valence-electron chi connectivity index (χ3n) is 11.5. The van der Waals surface area contributed by atoms with Crippen molar-refractivity contribution < 1.29 is 28.6 Å². The van der Waals surface area contributed by atoms with Crippen molar-refractivity contribution in [3.05, 3.63) is 97.2 Å². The molecule has 0 aromatic heterocycles. The average Bonchev–Trinajstić information content (AvgIpc) is 3.33. The first kappa shape index (κ1) is 63.3. The van der Waals surface area contributed by atoms with Gasteiger partial charge in [-0.1, -0.05) is 221 Å². The number of hydrogen-bond acceptors (Lipinski definition) is 6. The lowest BCUT2D eigenvalue weighted by Crippen LogP contribution is -2.30. The van der Waals surface area contributed by atoms with Crippen molar-refractivity contribution in [3.63, 3.8) is 0 Å². The fraction of sp³-hybridized carbons (Fsp3) is 0.689. The van der Waals surface area contributed by atoms with Gasteiger partial charge in [-0.25, -0.2) is 0 Å². The van der Waals surface area contributed by atoms with Gasteiger partial charge in [0.1, 0.15) is 13.2 Å². The van der Waals surface area contributed by atoms with Gasteiger partial charge >= 0.3 is 17.9 Å². The Bertz CT molecular complexity index is 1350. The molecule has 0 aliphatic rings. The maximum atomic E-state index is 12.8. The predicted molar refractivity (Wildman–Crippen MR) is 288 cm³/mol. The van der Waals surface area contributed by atoms with Gasteiger partial charge in [0, 0.05) is 19.3 Å². The minimum absolute atomic E-state index is 0.0929. The zero-order valence-electron chi connectivity index (χ0n) is 43.6. The van der Waals surface area contributed by atoms with Crippen LogP contribution in [-0.2, 0) is 28.6 Å². The first-order valence-electron chi connectivity index (χ1n) is 27.7. The summed E-state index contributed by atoms with van der Waals surface area (Å²) in [6.07, 6.45) is 72.4. The maximum absolute atomic E-state index is 12.8. The summed E-state index contributed by atoms with van der Waals surface area (Å²) >= 11 is 0. The predicted octanol–water partition coefficient (Wildman–Crippen LogP) is 18.5. The van der Waals surface area contributed by atoms with Gasteiger partial charge in [0.2, 0.25) is 0 Å². The number of esters is 3. The van der Waals surface area contributed by atoms with E-state index < -0.39 is 6.10 Å². The third-order valence-corrected chi connectivity index (χ3v) is 11.5. The summed E-state index contributed by atoms with van der Waals surface area (Å²) in [4.78, 5) is 38.1. The molecule has 6 heteroatoms. The molecule has 0 aliphatic heterocycles. The molecule has 0 aromatic rings. The number of allylic oxidation sites excluding steroid dienone is 16. The zero-order chi connectivity index (χ0) is 48.6. The smallest absolute Gasteiger partial charge is 0.306 e. The van der Waals surface area contributed by atoms with Crippen LogP contribution in [0.2, 0.25) is 0 Å². The van der Waals surface area contributed by atoms with E-state index in [4.69, 9.17) is 14.2 Å². The van der Waals surface area contributed by atoms with E-state index in [1.807, 2.05) is 0 Å². The zero-order valence-corrected chi connectivity index (χ0v) is 43.6. The Morgan fingerprint density at radius 1 is 0.313 bits per heavy atom. The van der Waals surface area contributed by atoms with Crippen LogP contribution in [0, 0.1) is 0 Å². The molecular formula is C61H102O6. The van der Waals surface area contributed by atoms with Crippen LogP contribution in [0.3, 0.4) is 0 Å². The summed E-state index contributed by atoms with van der Waals surface area (Å²) < 4.78 is 16.8. The molecule has 0 saturated heterocycles. The van der Waals surface area contributed by atoms with Gasteiger partial charge in [-0.2, -0.15) is 0 Å². The molecule has 0 radical (unpaired) electrons. The minimum Gasteiger partial charge on any atom is -0.462 e. The van der Waals surface area contributed by atoms with Gasteiger partial charge in [-0.3, -0.25) is 14.4 Å². The lowest BCUT2D eigenvalue weighted by molar-refractivity contribution is -0.167. The number of rotatable bonds is 49. The van der Waals surface area contributed by atoms with Crippen molar-refractivity contribution in [2.45, 2.75) is 258 Å². The fourth-order valence-corrected chi connectivity index (χ4v) is 7.35. The van der Waals surface area contributed by atoms with Gasteiger partial charge in [0.05, 0.1) is 0 Å². The molecule has 6 nitrogen and oxygen atoms in total. The Morgan fingerprint density at radius 2 is 0.582 bits per heavy atom. The monoisotopic (exact) mass is 931 g/mol. The van der Waals surface area contributed by atoms with Gasteiger partial charge in [-0.15, -0.1) is 0 Å². The standard InChI is InChI=1S/C61H102O6/c1-4-7-10-13-16-19-22-25-28-29-30-31-32-33-34-37-39-42-45-48-51-54-60(63)66-57-58(67-61(64)55-52-49-46-43-40-36-27-24-21-18-15-12-9-6-3)56-65-59(62)53-50-47-44-41-38-35-26-23-20-17-14-11-8-5-2/h7,10,14-19,23-28,30-31,58H,4-6,8-9,11-13,20-22,29,32-57H2,1-3H3/b10-7-,17-14-,18-15-,19-16-,26-23-,27-24-,28-25-,31-30-. The van der Waals surface area contributed by atoms with Crippen LogP contribution in [0.25, 0.3) is 0 Å². The second-order valence-corrected chi connectivity index (χ2v) is 18.1. The molecule has 67 heavy (non-hydrogen) atoms. The van der Waals surface area contributed by atoms with Crippen LogP contribution in [0.1, 0.15) is 252 Å². The largest absolute Gasteiger partial charge is 0.462 e. The summed E-state index contributed by atoms with van der Waals surface area (Å²) in [5, 5.41) is 0. The molecule has 0 bridgehead atoms. The van der Waals surface area contributed by atoms with Crippen molar-refractivity contribution in [1.82, 2.24) is 0 Å². The van der Waals surface area contributed by atoms with Crippen molar-refractivity contribution in [2.24, 2.45) is 0 Å². The Kier molecular flexibility index (Phi) is 51.9. The first-order chi connectivity index (χ1) is 33.0. The average molecular weight is 931 g/mol. The molecule has 0 rings (SSSR count). The van der Waals surface area contributed by atoms with E-state index in [2.05, 4.69) is 118 Å². The van der Waals surface area contributed by atoms with E-state index in [9.17, 15) is 14.4 Å². The van der Waals surface area contributed by atoms with Crippen LogP contribution < -0.4 is 0 Å². The van der Waals surface area contributed by atoms with E-state index >= 15 is 0 Å². The van der Waals surface area contributed by atoms with Crippen LogP contribution in [-0.4, -0.2) is 37.2 Å². The Morgan fingerprint density at radius 3 is 0.910 bits per heavy atom. The second kappa shape index (κ2) is 54.9. The van der Waals surface area contributed by atoms with E-state index in [1.165, 1.54) is 70.6 Å². The third kappa shape index (κ3) is 53.2. The van der Waals surface area contributed by atoms with Crippen molar-refractivity contribution in [2.75, 3.05) is 13.2 Å². The molecule has 0 saturated carbocycles. The van der Waals surface area contributed by atoms with E-state index in [0.29, 0.717) is 19.3 Å². The molecule has 0 N–H and O–H groups in total. The van der Waals surface area contributed by atoms with Crippen molar-refractivity contribution >= 4 is 17.9 Å². The maximum Gasteiger partial charge on any atom is 0.306 e. The highest BCUT2D eigenvalue weighted by atomic mass is 16.6. The summed E-state index contributed by atoms with van der Waals surface area (Å²) in [7, 11) is 0. The quantitative estimate of drug-likeness (QED) is 0.0262. The van der Waals surface area contributed by atoms with Crippen LogP contribution in [0.5, 0.6) is 0 Å². The molecule has 0 heterocycles. The molecule has 1 atom stereocenters. The van der Waals surface area contributed by atoms with Crippen molar-refractivity contribution in [1.29, 1.82) is 0 Å². The fourth-order valence-electron chi connectivity index (χ4n) is 7.35. The summed E-state index contributed by atoms with van der Waals surface area (Å²) in [5.74, 6) is -0.928. The van der Waals surface area contributed by atoms with E-state index in [-0.39, 0.29) is 31.1 Å². The van der Waals surface area contributed by atoms with Gasteiger partial charge in [0.15, 0.2) is 6.10 Å². The molecule has 0 fully saturated rings. The molecule has 0 spiro atoms. The Hall–Kier alpha value is -3.67. The van der Waals surface area contributed by atoms with Crippen LogP contribution in [0.4, 0.5) is 0 Å². The molecular weight excluding hydrogens is 829 g/mol. The highest BCUT2D eigenvalue weighted by Gasteiger charge is 2.19. The Balaban J connectivity index is 4.40. The lowest BCUT2D eigenvalue weighted by atomic mass is 10.1. The van der Waals surface area contributed by atoms with Crippen molar-refractivity contribution in [3.8, 4) is 0 Å². The second-order valence-electron chi connectivity index (χ2n) is 18.1. The number of carbonyl (C=O) groups excluding carboxylic acids is 3. The number of ether oxygens (including phenoxy) is 3. The topological polar surface area (TPSA) is 78.9 Å². The van der Waals surface area contributed by atoms with E-state index in [1.54, 1.807) is 0 Å². The molecule has 0 aliphatic carbocycles. The van der Waals surface area contributed by atoms with Gasteiger partial charge in [-0.05, 0) is 109 Å². The van der Waals surface area contributed by atoms with Gasteiger partial charge in [0.25, 0.3) is 0 Å². The molecule has 0 aromatic carbocycles. The van der Waals surface area contributed by atoms with Crippen LogP contribution in [0.15, 0.2) is 97.2 Å². The minimum atomic E-state index is -0.795. The Labute approximate surface area is 413 Å². The summed E-state index contributed by atoms with van der Waals surface area (Å²) in [6, 6.07) is 0. The highest BCUT2D eigenvalue weighted by molar-refractivity contribution is 5.71. The SMILES string of the molecule is CC/C=C\C/C=C\C/C=C\C/C=C\CCCCCCCCCCC(=O)OCC(COC(=O)CCCCCCC/C=C\C/C=C\CCCC)OC(=O)CCCCCCC/C=C\C/C=C\CCCC. The lowest BCUT2D eigenvalue weighted by Gasteiger charge is -2.18. The molecule has 1 unspecified atom stereocenters. The van der Waals surface area contributed by atoms with E-state index in [0.717, 1.165) is 141 Å². The molecule has 382 valence electrons. The highest BCUT2D eigenvalue weighted by Crippen LogP contribution is 2.14. The number of carbonyl (C=O) groups is 3. The van der Waals surface area contributed by atoms with Gasteiger partial charge < -0.3 is 14.2 Å². The van der Waals surface area contributed by atoms with Crippen LogP contribution >= 0.6 is 0 Å².